The van der Waals surface area contributed by atoms with Gasteiger partial charge < -0.3 is 0 Å². The van der Waals surface area contributed by atoms with E-state index in [2.05, 4.69) is 58.6 Å². The third kappa shape index (κ3) is 3.04. The lowest BCUT2D eigenvalue weighted by molar-refractivity contribution is 3.45. The van der Waals surface area contributed by atoms with Crippen LogP contribution in [0, 0.1) is 0 Å². The van der Waals surface area contributed by atoms with Gasteiger partial charge in [-0.2, -0.15) is 0 Å². The summed E-state index contributed by atoms with van der Waals surface area (Å²) in [7, 11) is 21.2. The van der Waals surface area contributed by atoms with Gasteiger partial charge in [0.1, 0.15) is 0 Å². The van der Waals surface area contributed by atoms with Gasteiger partial charge in [0.15, 0.2) is 0 Å². The van der Waals surface area contributed by atoms with Crippen molar-refractivity contribution in [3.8, 4) is 0 Å². The maximum Gasteiger partial charge on any atom is 0 e. The summed E-state index contributed by atoms with van der Waals surface area (Å²) in [6.45, 7) is 0. The molecule has 8 heteroatoms. The summed E-state index contributed by atoms with van der Waals surface area (Å²) in [5.41, 5.74) is 0. The second kappa shape index (κ2) is 2.77. The Hall–Kier alpha value is 1.74. The van der Waals surface area contributed by atoms with Crippen LogP contribution in [0.4, 0.5) is 0 Å². The Bertz CT molecular complexity index is 55.0. The number of hydrogen-bond donors (Lipinski definition) is 0. The van der Waals surface area contributed by atoms with Crippen LogP contribution in [0.15, 0.2) is 0 Å². The first kappa shape index (κ1) is 9.74. The molecular formula is Si8. The molecule has 0 rings (SSSR count). The molecule has 0 bridgehead atoms. The highest BCUT2D eigenvalue weighted by molar-refractivity contribution is 8.06. The lowest BCUT2D eigenvalue weighted by atomic mass is 25.8. The van der Waals surface area contributed by atoms with E-state index < -0.39 is 12.3 Å². The molecule has 0 heterocycles. The van der Waals surface area contributed by atoms with Crippen molar-refractivity contribution in [1.29, 1.82) is 0 Å². The van der Waals surface area contributed by atoms with Gasteiger partial charge in [-0.05, 0) is 0 Å². The van der Waals surface area contributed by atoms with Crippen LogP contribution < -0.4 is 0 Å². The lowest BCUT2D eigenvalue weighted by Crippen LogP contribution is -2.68. The summed E-state index contributed by atoms with van der Waals surface area (Å²) in [5, 5.41) is 0. The molecule has 18 radical (unpaired) electrons. The Morgan fingerprint density at radius 1 is 0.500 bits per heavy atom. The monoisotopic (exact) mass is 224 g/mol. The third-order valence-electron chi connectivity index (χ3n) is 0.562. The van der Waals surface area contributed by atoms with Crippen LogP contribution >= 0.6 is 0 Å². The molecule has 0 aromatic heterocycles. The van der Waals surface area contributed by atoms with E-state index in [1.54, 1.807) is 0 Å². The zero-order valence-electron chi connectivity index (χ0n) is 4.00. The fourth-order valence-corrected chi connectivity index (χ4v) is 0. The van der Waals surface area contributed by atoms with Crippen LogP contribution in [0.1, 0.15) is 0 Å². The van der Waals surface area contributed by atoms with Gasteiger partial charge in [0, 0.05) is 70.8 Å². The molecule has 0 fully saturated rings. The van der Waals surface area contributed by atoms with Crippen molar-refractivity contribution in [2.45, 2.75) is 0 Å². The topological polar surface area (TPSA) is 0 Å². The minimum Gasteiger partial charge on any atom is 0 e. The van der Waals surface area contributed by atoms with E-state index in [0.717, 1.165) is 0 Å². The molecule has 0 aliphatic rings. The predicted molar refractivity (Wildman–Crippen MR) is 46.0 cm³/mol. The molecule has 0 aromatic rings. The Morgan fingerprint density at radius 2 is 0.625 bits per heavy atom. The highest BCUT2D eigenvalue weighted by atomic mass is 30.4. The van der Waals surface area contributed by atoms with Crippen molar-refractivity contribution in [2.75, 3.05) is 0 Å². The van der Waals surface area contributed by atoms with Crippen molar-refractivity contribution >= 4 is 70.8 Å². The van der Waals surface area contributed by atoms with Crippen LogP contribution in [0.2, 0.25) is 0 Å². The predicted octanol–water partition coefficient (Wildman–Crippen LogP) is -3.05. The first-order valence-electron chi connectivity index (χ1n) is 1.75. The number of rotatable bonds is 1. The van der Waals surface area contributed by atoms with Gasteiger partial charge >= 0.3 is 0 Å². The molecular weight excluding hydrogens is 225 g/mol. The first-order chi connectivity index (χ1) is 3.25. The van der Waals surface area contributed by atoms with Crippen molar-refractivity contribution in [2.24, 2.45) is 0 Å². The van der Waals surface area contributed by atoms with Gasteiger partial charge in [-0.15, -0.1) is 0 Å². The zero-order valence-corrected chi connectivity index (χ0v) is 12.0. The fourth-order valence-electron chi connectivity index (χ4n) is 0. The van der Waals surface area contributed by atoms with Crippen molar-refractivity contribution in [3.05, 3.63) is 0 Å². The summed E-state index contributed by atoms with van der Waals surface area (Å²) < 4.78 is 0. The van der Waals surface area contributed by atoms with Gasteiger partial charge in [-0.25, -0.2) is 0 Å². The van der Waals surface area contributed by atoms with E-state index in [1.165, 1.54) is 0 Å². The molecule has 0 nitrogen and oxygen atoms in total. The molecule has 0 saturated carbocycles. The van der Waals surface area contributed by atoms with E-state index >= 15 is 0 Å². The van der Waals surface area contributed by atoms with Crippen LogP contribution in [-0.4, -0.2) is 70.8 Å². The van der Waals surface area contributed by atoms with Crippen LogP contribution in [-0.2, 0) is 0 Å². The largest absolute Gasteiger partial charge is 0 e. The Kier molecular flexibility index (Phi) is 3.37. The van der Waals surface area contributed by atoms with Crippen molar-refractivity contribution < 1.29 is 0 Å². The van der Waals surface area contributed by atoms with Gasteiger partial charge in [-0.3, -0.25) is 0 Å². The molecule has 0 N–H and O–H groups in total. The molecule has 32 valence electrons. The molecule has 8 heavy (non-hydrogen) atoms. The summed E-state index contributed by atoms with van der Waals surface area (Å²) in [4.78, 5) is 0. The SMILES string of the molecule is [Si][Si]([Si])([Si])[Si]([Si])([Si])[Si]. The van der Waals surface area contributed by atoms with Crippen LogP contribution in [0.5, 0.6) is 0 Å². The normalized spacial score (nSPS) is 14.2. The van der Waals surface area contributed by atoms with E-state index in [0.29, 0.717) is 0 Å². The summed E-state index contributed by atoms with van der Waals surface area (Å²) in [5.74, 6) is 0. The smallest absolute Gasteiger partial charge is 0 e. The third-order valence-corrected chi connectivity index (χ3v) is 45.6. The Morgan fingerprint density at radius 3 is 0.625 bits per heavy atom. The molecule has 0 saturated heterocycles. The van der Waals surface area contributed by atoms with E-state index in [-0.39, 0.29) is 0 Å². The molecule has 0 spiro atoms. The molecule has 0 unspecified atom stereocenters. The average molecular weight is 225 g/mol. The second-order valence-corrected chi connectivity index (χ2v) is 40.5. The van der Waals surface area contributed by atoms with Gasteiger partial charge in [0.25, 0.3) is 0 Å². The molecule has 0 atom stereocenters. The Balaban J connectivity index is 4.02. The molecule has 0 aliphatic heterocycles. The average Bonchev–Trinajstić information content (AvgIpc) is 1.25. The van der Waals surface area contributed by atoms with Crippen molar-refractivity contribution in [1.82, 2.24) is 0 Å². The maximum atomic E-state index is 3.53. The van der Waals surface area contributed by atoms with Gasteiger partial charge in [-0.1, -0.05) is 0 Å². The molecule has 0 amide bonds. The van der Waals surface area contributed by atoms with Crippen molar-refractivity contribution in [3.63, 3.8) is 0 Å². The summed E-state index contributed by atoms with van der Waals surface area (Å²) in [6.07, 6.45) is -3.12. The van der Waals surface area contributed by atoms with E-state index in [4.69, 9.17) is 0 Å². The zero-order chi connectivity index (χ0) is 7.00. The Labute approximate surface area is 70.7 Å². The highest BCUT2D eigenvalue weighted by Gasteiger charge is 2.31. The number of hydrogen-bond acceptors (Lipinski definition) is 0. The van der Waals surface area contributed by atoms with E-state index in [9.17, 15) is 0 Å². The fraction of sp³-hybridized carbons (Fsp3) is 0. The second-order valence-electron chi connectivity index (χ2n) is 1.50. The quantitative estimate of drug-likeness (QED) is 0.416. The van der Waals surface area contributed by atoms with Gasteiger partial charge in [0.05, 0.1) is 0 Å². The van der Waals surface area contributed by atoms with E-state index in [1.807, 2.05) is 0 Å². The highest BCUT2D eigenvalue weighted by Crippen LogP contribution is 1.93. The van der Waals surface area contributed by atoms with Crippen LogP contribution in [0.3, 0.4) is 0 Å². The minimum atomic E-state index is -1.56. The molecule has 0 aliphatic carbocycles. The minimum absolute atomic E-state index is 1.56. The standard InChI is InChI=1S/Si8/c1-7(2,3)8(4,5)6. The van der Waals surface area contributed by atoms with Crippen LogP contribution in [0.25, 0.3) is 0 Å². The molecule has 0 aromatic carbocycles. The summed E-state index contributed by atoms with van der Waals surface area (Å²) in [6, 6.07) is 0. The first-order valence-corrected chi connectivity index (χ1v) is 15.8. The maximum absolute atomic E-state index is 3.53. The lowest BCUT2D eigenvalue weighted by Gasteiger charge is -2.30. The van der Waals surface area contributed by atoms with Gasteiger partial charge in [0.2, 0.25) is 0 Å². The summed E-state index contributed by atoms with van der Waals surface area (Å²) >= 11 is 0.